The molecule has 0 atom stereocenters. The van der Waals surface area contributed by atoms with Gasteiger partial charge in [0.15, 0.2) is 0 Å². The summed E-state index contributed by atoms with van der Waals surface area (Å²) in [6, 6.07) is 11.9. The maximum absolute atomic E-state index is 12.3. The number of ether oxygens (including phenoxy) is 1. The van der Waals surface area contributed by atoms with Crippen molar-refractivity contribution in [3.05, 3.63) is 46.3 Å². The minimum absolute atomic E-state index is 0.0951. The third-order valence-electron chi connectivity index (χ3n) is 4.43. The fraction of sp³-hybridized carbons (Fsp3) is 0.400. The molecule has 1 aliphatic rings. The summed E-state index contributed by atoms with van der Waals surface area (Å²) in [5.74, 6) is 0.732. The molecular weight excluding hydrogens is 346 g/mol. The Morgan fingerprint density at radius 3 is 2.85 bits per heavy atom. The minimum Gasteiger partial charge on any atom is -0.492 e. The zero-order chi connectivity index (χ0) is 18.4. The molecule has 0 fully saturated rings. The van der Waals surface area contributed by atoms with Gasteiger partial charge in [-0.25, -0.2) is 0 Å². The molecule has 1 aromatic heterocycles. The Hall–Kier alpha value is -2.36. The van der Waals surface area contributed by atoms with Crippen molar-refractivity contribution >= 4 is 22.2 Å². The number of carbonyl (C=O) groups excluding carboxylic acids is 1. The number of carbonyl (C=O) groups is 1. The standard InChI is InChI=1S/C20H23N3O2S/c1-23(11-12-25-15-7-3-2-4-8-15)14-19(24)22-20-17(13-21)16-9-5-6-10-18(16)26-20/h2-4,7-8H,5-6,9-12,14H2,1H3,(H,22,24). The number of hydrogen-bond acceptors (Lipinski definition) is 5. The van der Waals surface area contributed by atoms with E-state index in [0.717, 1.165) is 37.0 Å². The highest BCUT2D eigenvalue weighted by Crippen LogP contribution is 2.37. The summed E-state index contributed by atoms with van der Waals surface area (Å²) in [5.41, 5.74) is 1.80. The van der Waals surface area contributed by atoms with Gasteiger partial charge < -0.3 is 10.1 Å². The number of aryl methyl sites for hydroxylation is 1. The van der Waals surface area contributed by atoms with Gasteiger partial charge in [0.1, 0.15) is 23.4 Å². The van der Waals surface area contributed by atoms with Crippen LogP contribution in [0, 0.1) is 11.3 Å². The summed E-state index contributed by atoms with van der Waals surface area (Å²) in [6.07, 6.45) is 4.24. The van der Waals surface area contributed by atoms with Crippen LogP contribution in [0.3, 0.4) is 0 Å². The van der Waals surface area contributed by atoms with Gasteiger partial charge in [-0.05, 0) is 50.4 Å². The van der Waals surface area contributed by atoms with Crippen molar-refractivity contribution in [1.82, 2.24) is 4.90 Å². The third kappa shape index (κ3) is 4.63. The van der Waals surface area contributed by atoms with Crippen LogP contribution in [0.4, 0.5) is 5.00 Å². The molecule has 1 heterocycles. The maximum Gasteiger partial charge on any atom is 0.239 e. The number of fused-ring (bicyclic) bond motifs is 1. The van der Waals surface area contributed by atoms with E-state index in [4.69, 9.17) is 4.74 Å². The van der Waals surface area contributed by atoms with E-state index in [1.165, 1.54) is 4.88 Å². The summed E-state index contributed by atoms with van der Waals surface area (Å²) in [6.45, 7) is 1.44. The third-order valence-corrected chi connectivity index (χ3v) is 5.64. The van der Waals surface area contributed by atoms with Crippen LogP contribution in [-0.4, -0.2) is 37.6 Å². The second-order valence-electron chi connectivity index (χ2n) is 6.47. The van der Waals surface area contributed by atoms with Gasteiger partial charge in [-0.3, -0.25) is 9.69 Å². The molecule has 3 rings (SSSR count). The number of rotatable bonds is 7. The van der Waals surface area contributed by atoms with Gasteiger partial charge in [-0.2, -0.15) is 5.26 Å². The van der Waals surface area contributed by atoms with Crippen molar-refractivity contribution in [3.8, 4) is 11.8 Å². The van der Waals surface area contributed by atoms with E-state index in [9.17, 15) is 10.1 Å². The predicted molar refractivity (Wildman–Crippen MR) is 104 cm³/mol. The first kappa shape index (κ1) is 18.4. The molecule has 0 saturated carbocycles. The van der Waals surface area contributed by atoms with Crippen LogP contribution < -0.4 is 10.1 Å². The number of anilines is 1. The first-order valence-electron chi connectivity index (χ1n) is 8.88. The molecule has 1 N–H and O–H groups in total. The molecular formula is C20H23N3O2S. The number of hydrogen-bond donors (Lipinski definition) is 1. The first-order valence-corrected chi connectivity index (χ1v) is 9.70. The largest absolute Gasteiger partial charge is 0.492 e. The van der Waals surface area contributed by atoms with Crippen molar-refractivity contribution in [3.63, 3.8) is 0 Å². The number of thiophene rings is 1. The van der Waals surface area contributed by atoms with Crippen molar-refractivity contribution in [2.75, 3.05) is 32.1 Å². The molecule has 0 aliphatic heterocycles. The first-order chi connectivity index (χ1) is 12.7. The normalized spacial score (nSPS) is 13.1. The SMILES string of the molecule is CN(CCOc1ccccc1)CC(=O)Nc1sc2c(c1C#N)CCCC2. The second kappa shape index (κ2) is 8.84. The summed E-state index contributed by atoms with van der Waals surface area (Å²) in [7, 11) is 1.89. The molecule has 0 bridgehead atoms. The van der Waals surface area contributed by atoms with Crippen molar-refractivity contribution in [1.29, 1.82) is 5.26 Å². The lowest BCUT2D eigenvalue weighted by Crippen LogP contribution is -2.33. The van der Waals surface area contributed by atoms with E-state index in [0.29, 0.717) is 23.7 Å². The van der Waals surface area contributed by atoms with E-state index in [-0.39, 0.29) is 12.5 Å². The number of nitrogens with one attached hydrogen (secondary N) is 1. The average molecular weight is 369 g/mol. The van der Waals surface area contributed by atoms with Crippen molar-refractivity contribution in [2.24, 2.45) is 0 Å². The molecule has 6 heteroatoms. The fourth-order valence-electron chi connectivity index (χ4n) is 3.10. The number of amides is 1. The summed E-state index contributed by atoms with van der Waals surface area (Å²) >= 11 is 1.56. The minimum atomic E-state index is -0.0951. The molecule has 5 nitrogen and oxygen atoms in total. The molecule has 136 valence electrons. The Labute approximate surface area is 158 Å². The molecule has 0 saturated heterocycles. The monoisotopic (exact) mass is 369 g/mol. The number of benzene rings is 1. The molecule has 0 spiro atoms. The molecule has 0 unspecified atom stereocenters. The Morgan fingerprint density at radius 2 is 2.08 bits per heavy atom. The summed E-state index contributed by atoms with van der Waals surface area (Å²) in [5, 5.41) is 13.1. The van der Waals surface area contributed by atoms with Crippen LogP contribution >= 0.6 is 11.3 Å². The smallest absolute Gasteiger partial charge is 0.239 e. The van der Waals surface area contributed by atoms with Crippen LogP contribution in [-0.2, 0) is 17.6 Å². The average Bonchev–Trinajstić information content (AvgIpc) is 2.99. The van der Waals surface area contributed by atoms with Crippen LogP contribution in [0.1, 0.15) is 28.8 Å². The van der Waals surface area contributed by atoms with E-state index < -0.39 is 0 Å². The summed E-state index contributed by atoms with van der Waals surface area (Å²) < 4.78 is 5.65. The Balaban J connectivity index is 1.49. The van der Waals surface area contributed by atoms with Gasteiger partial charge in [0.25, 0.3) is 0 Å². The van der Waals surface area contributed by atoms with Crippen LogP contribution in [0.25, 0.3) is 0 Å². The molecule has 1 aliphatic carbocycles. The lowest BCUT2D eigenvalue weighted by Gasteiger charge is -2.16. The molecule has 2 aromatic rings. The fourth-order valence-corrected chi connectivity index (χ4v) is 4.35. The van der Waals surface area contributed by atoms with Gasteiger partial charge in [0, 0.05) is 11.4 Å². The maximum atomic E-state index is 12.3. The highest BCUT2D eigenvalue weighted by atomic mass is 32.1. The van der Waals surface area contributed by atoms with E-state index >= 15 is 0 Å². The van der Waals surface area contributed by atoms with E-state index in [1.807, 2.05) is 42.3 Å². The van der Waals surface area contributed by atoms with E-state index in [2.05, 4.69) is 11.4 Å². The molecule has 1 aromatic carbocycles. The molecule has 1 amide bonds. The lowest BCUT2D eigenvalue weighted by atomic mass is 9.96. The molecule has 26 heavy (non-hydrogen) atoms. The number of likely N-dealkylation sites (N-methyl/N-ethyl adjacent to an activating group) is 1. The second-order valence-corrected chi connectivity index (χ2v) is 7.58. The van der Waals surface area contributed by atoms with Gasteiger partial charge in [-0.15, -0.1) is 11.3 Å². The highest BCUT2D eigenvalue weighted by Gasteiger charge is 2.22. The van der Waals surface area contributed by atoms with Crippen molar-refractivity contribution in [2.45, 2.75) is 25.7 Å². The topological polar surface area (TPSA) is 65.4 Å². The van der Waals surface area contributed by atoms with Crippen LogP contribution in [0.5, 0.6) is 5.75 Å². The van der Waals surface area contributed by atoms with Crippen LogP contribution in [0.2, 0.25) is 0 Å². The van der Waals surface area contributed by atoms with Crippen LogP contribution in [0.15, 0.2) is 30.3 Å². The Kier molecular flexibility index (Phi) is 6.26. The quantitative estimate of drug-likeness (QED) is 0.812. The van der Waals surface area contributed by atoms with Crippen molar-refractivity contribution < 1.29 is 9.53 Å². The Bertz CT molecular complexity index is 795. The number of para-hydroxylation sites is 1. The highest BCUT2D eigenvalue weighted by molar-refractivity contribution is 7.16. The Morgan fingerprint density at radius 1 is 1.31 bits per heavy atom. The zero-order valence-electron chi connectivity index (χ0n) is 15.0. The van der Waals surface area contributed by atoms with Gasteiger partial charge in [0.05, 0.1) is 12.1 Å². The van der Waals surface area contributed by atoms with Gasteiger partial charge >= 0.3 is 0 Å². The van der Waals surface area contributed by atoms with E-state index in [1.54, 1.807) is 11.3 Å². The summed E-state index contributed by atoms with van der Waals surface area (Å²) in [4.78, 5) is 15.5. The lowest BCUT2D eigenvalue weighted by molar-refractivity contribution is -0.117. The zero-order valence-corrected chi connectivity index (χ0v) is 15.8. The van der Waals surface area contributed by atoms with Gasteiger partial charge in [-0.1, -0.05) is 18.2 Å². The predicted octanol–water partition coefficient (Wildman–Crippen LogP) is 3.45. The van der Waals surface area contributed by atoms with Gasteiger partial charge in [0.2, 0.25) is 5.91 Å². The molecule has 0 radical (unpaired) electrons. The number of nitrogens with zero attached hydrogens (tertiary/aromatic N) is 2. The number of nitriles is 1.